The van der Waals surface area contributed by atoms with Crippen molar-refractivity contribution in [1.29, 1.82) is 0 Å². The fourth-order valence-electron chi connectivity index (χ4n) is 2.00. The van der Waals surface area contributed by atoms with Crippen molar-refractivity contribution in [2.24, 2.45) is 0 Å². The highest BCUT2D eigenvalue weighted by atomic mass is 35.5. The van der Waals surface area contributed by atoms with Crippen LogP contribution in [0, 0.1) is 13.8 Å². The number of para-hydroxylation sites is 1. The molecule has 1 N–H and O–H groups in total. The molecule has 0 atom stereocenters. The summed E-state index contributed by atoms with van der Waals surface area (Å²) in [5, 5.41) is 4.08. The maximum atomic E-state index is 6.23. The molecule has 2 nitrogen and oxygen atoms in total. The largest absolute Gasteiger partial charge is 0.492 e. The topological polar surface area (TPSA) is 21.3 Å². The molecule has 0 aliphatic heterocycles. The number of hydrogen-bond acceptors (Lipinski definition) is 2. The first kappa shape index (κ1) is 13.8. The fourth-order valence-corrected chi connectivity index (χ4v) is 2.39. The summed E-state index contributed by atoms with van der Waals surface area (Å²) in [6.45, 7) is 5.42. The Morgan fingerprint density at radius 2 is 1.84 bits per heavy atom. The lowest BCUT2D eigenvalue weighted by Gasteiger charge is -2.13. The van der Waals surface area contributed by atoms with Crippen LogP contribution in [-0.2, 0) is 0 Å². The third kappa shape index (κ3) is 3.90. The predicted molar refractivity (Wildman–Crippen MR) is 81.4 cm³/mol. The van der Waals surface area contributed by atoms with Gasteiger partial charge in [0.05, 0.1) is 10.7 Å². The normalized spacial score (nSPS) is 10.3. The van der Waals surface area contributed by atoms with E-state index in [1.54, 1.807) is 0 Å². The predicted octanol–water partition coefficient (Wildman–Crippen LogP) is 4.45. The second-order valence-electron chi connectivity index (χ2n) is 4.53. The van der Waals surface area contributed by atoms with Crippen LogP contribution in [0.3, 0.4) is 0 Å². The monoisotopic (exact) mass is 275 g/mol. The van der Waals surface area contributed by atoms with E-state index in [0.717, 1.165) is 28.6 Å². The van der Waals surface area contributed by atoms with Crippen LogP contribution in [0.1, 0.15) is 11.1 Å². The van der Waals surface area contributed by atoms with E-state index in [1.165, 1.54) is 5.56 Å². The van der Waals surface area contributed by atoms with Crippen LogP contribution in [0.5, 0.6) is 5.75 Å². The van der Waals surface area contributed by atoms with E-state index in [9.17, 15) is 0 Å². The molecule has 0 amide bonds. The van der Waals surface area contributed by atoms with Gasteiger partial charge in [0, 0.05) is 6.54 Å². The van der Waals surface area contributed by atoms with Crippen LogP contribution in [0.2, 0.25) is 5.02 Å². The van der Waals surface area contributed by atoms with E-state index in [4.69, 9.17) is 16.3 Å². The summed E-state index contributed by atoms with van der Waals surface area (Å²) in [5.41, 5.74) is 3.32. The van der Waals surface area contributed by atoms with Crippen molar-refractivity contribution in [3.05, 3.63) is 58.6 Å². The Kier molecular flexibility index (Phi) is 4.69. The highest BCUT2D eigenvalue weighted by Gasteiger charge is 2.04. The second-order valence-corrected chi connectivity index (χ2v) is 4.93. The maximum Gasteiger partial charge on any atom is 0.119 e. The highest BCUT2D eigenvalue weighted by molar-refractivity contribution is 6.33. The van der Waals surface area contributed by atoms with Crippen LogP contribution in [-0.4, -0.2) is 13.2 Å². The van der Waals surface area contributed by atoms with E-state index >= 15 is 0 Å². The number of halogens is 1. The van der Waals surface area contributed by atoms with E-state index < -0.39 is 0 Å². The SMILES string of the molecule is Cc1cc(C)c(NCCOc2ccccc2)c(Cl)c1. The molecule has 2 aromatic carbocycles. The van der Waals surface area contributed by atoms with Gasteiger partial charge in [0.25, 0.3) is 0 Å². The van der Waals surface area contributed by atoms with Gasteiger partial charge in [-0.2, -0.15) is 0 Å². The van der Waals surface area contributed by atoms with Crippen molar-refractivity contribution in [3.8, 4) is 5.75 Å². The third-order valence-corrected chi connectivity index (χ3v) is 3.15. The van der Waals surface area contributed by atoms with E-state index in [1.807, 2.05) is 43.3 Å². The number of ether oxygens (including phenoxy) is 1. The Morgan fingerprint density at radius 3 is 2.53 bits per heavy atom. The average Bonchev–Trinajstić information content (AvgIpc) is 2.38. The van der Waals surface area contributed by atoms with Gasteiger partial charge in [-0.05, 0) is 43.2 Å². The lowest BCUT2D eigenvalue weighted by molar-refractivity contribution is 0.333. The quantitative estimate of drug-likeness (QED) is 0.814. The molecule has 19 heavy (non-hydrogen) atoms. The Bertz CT molecular complexity index is 517. The standard InChI is InChI=1S/C16H18ClNO/c1-12-10-13(2)16(15(17)11-12)18-8-9-19-14-6-4-3-5-7-14/h3-7,10-11,18H,8-9H2,1-2H3. The number of benzene rings is 2. The van der Waals surface area contributed by atoms with Crippen LogP contribution < -0.4 is 10.1 Å². The molecule has 0 fully saturated rings. The summed E-state index contributed by atoms with van der Waals surface area (Å²) in [6, 6.07) is 13.9. The molecule has 2 aromatic rings. The third-order valence-electron chi connectivity index (χ3n) is 2.85. The summed E-state index contributed by atoms with van der Waals surface area (Å²) in [6.07, 6.45) is 0. The zero-order valence-electron chi connectivity index (χ0n) is 11.2. The number of nitrogens with one attached hydrogen (secondary N) is 1. The number of anilines is 1. The van der Waals surface area contributed by atoms with Gasteiger partial charge in [-0.15, -0.1) is 0 Å². The van der Waals surface area contributed by atoms with Crippen molar-refractivity contribution in [1.82, 2.24) is 0 Å². The summed E-state index contributed by atoms with van der Waals surface area (Å²) in [4.78, 5) is 0. The average molecular weight is 276 g/mol. The van der Waals surface area contributed by atoms with Crippen LogP contribution in [0.4, 0.5) is 5.69 Å². The molecular weight excluding hydrogens is 258 g/mol. The van der Waals surface area contributed by atoms with Gasteiger partial charge in [-0.1, -0.05) is 35.9 Å². The molecular formula is C16H18ClNO. The number of hydrogen-bond donors (Lipinski definition) is 1. The minimum Gasteiger partial charge on any atom is -0.492 e. The first-order valence-electron chi connectivity index (χ1n) is 6.35. The Morgan fingerprint density at radius 1 is 1.11 bits per heavy atom. The zero-order valence-corrected chi connectivity index (χ0v) is 12.0. The molecule has 2 rings (SSSR count). The summed E-state index contributed by atoms with van der Waals surface area (Å²) < 4.78 is 5.63. The fraction of sp³-hybridized carbons (Fsp3) is 0.250. The van der Waals surface area contributed by atoms with Crippen molar-refractivity contribution >= 4 is 17.3 Å². The molecule has 100 valence electrons. The second kappa shape index (κ2) is 6.48. The maximum absolute atomic E-state index is 6.23. The van der Waals surface area contributed by atoms with Gasteiger partial charge in [0.2, 0.25) is 0 Å². The smallest absolute Gasteiger partial charge is 0.119 e. The van der Waals surface area contributed by atoms with Crippen LogP contribution in [0.15, 0.2) is 42.5 Å². The molecule has 0 saturated heterocycles. The van der Waals surface area contributed by atoms with Crippen molar-refractivity contribution < 1.29 is 4.74 Å². The lowest BCUT2D eigenvalue weighted by Crippen LogP contribution is -2.12. The molecule has 0 aromatic heterocycles. The summed E-state index contributed by atoms with van der Waals surface area (Å²) in [5.74, 6) is 0.885. The zero-order chi connectivity index (χ0) is 13.7. The van der Waals surface area contributed by atoms with Crippen LogP contribution in [0.25, 0.3) is 0 Å². The molecule has 0 bridgehead atoms. The lowest BCUT2D eigenvalue weighted by atomic mass is 10.1. The Labute approximate surface area is 119 Å². The van der Waals surface area contributed by atoms with Gasteiger partial charge >= 0.3 is 0 Å². The minimum atomic E-state index is 0.605. The first-order chi connectivity index (χ1) is 9.16. The Hall–Kier alpha value is -1.67. The molecule has 0 aliphatic carbocycles. The van der Waals surface area contributed by atoms with Gasteiger partial charge < -0.3 is 10.1 Å². The number of rotatable bonds is 5. The Balaban J connectivity index is 1.86. The van der Waals surface area contributed by atoms with Crippen molar-refractivity contribution in [3.63, 3.8) is 0 Å². The van der Waals surface area contributed by atoms with Gasteiger partial charge in [-0.3, -0.25) is 0 Å². The summed E-state index contributed by atoms with van der Waals surface area (Å²) >= 11 is 6.23. The molecule has 0 radical (unpaired) electrons. The van der Waals surface area contributed by atoms with E-state index in [-0.39, 0.29) is 0 Å². The number of aryl methyl sites for hydroxylation is 2. The van der Waals surface area contributed by atoms with Gasteiger partial charge in [-0.25, -0.2) is 0 Å². The molecule has 0 spiro atoms. The van der Waals surface area contributed by atoms with Crippen molar-refractivity contribution in [2.45, 2.75) is 13.8 Å². The van der Waals surface area contributed by atoms with E-state index in [2.05, 4.69) is 18.3 Å². The van der Waals surface area contributed by atoms with Crippen molar-refractivity contribution in [2.75, 3.05) is 18.5 Å². The first-order valence-corrected chi connectivity index (χ1v) is 6.73. The van der Waals surface area contributed by atoms with Gasteiger partial charge in [0.15, 0.2) is 0 Å². The van der Waals surface area contributed by atoms with E-state index in [0.29, 0.717) is 6.61 Å². The van der Waals surface area contributed by atoms with Gasteiger partial charge in [0.1, 0.15) is 12.4 Å². The minimum absolute atomic E-state index is 0.605. The molecule has 0 aliphatic rings. The molecule has 0 heterocycles. The van der Waals surface area contributed by atoms with Crippen LogP contribution >= 0.6 is 11.6 Å². The highest BCUT2D eigenvalue weighted by Crippen LogP contribution is 2.26. The molecule has 0 saturated carbocycles. The molecule has 0 unspecified atom stereocenters. The summed E-state index contributed by atoms with van der Waals surface area (Å²) in [7, 11) is 0. The molecule has 3 heteroatoms.